The Balaban J connectivity index is 2.42. The first-order valence-electron chi connectivity index (χ1n) is 8.30. The Hall–Kier alpha value is -1.78. The van der Waals surface area contributed by atoms with Crippen molar-refractivity contribution in [1.82, 2.24) is 4.57 Å². The number of nitrogens with zero attached hydrogens (tertiary/aromatic N) is 2. The van der Waals surface area contributed by atoms with E-state index in [0.717, 1.165) is 24.1 Å². The van der Waals surface area contributed by atoms with Crippen LogP contribution in [0.1, 0.15) is 59.9 Å². The van der Waals surface area contributed by atoms with Crippen LogP contribution < -0.4 is 10.5 Å². The van der Waals surface area contributed by atoms with Gasteiger partial charge in [0.1, 0.15) is 5.60 Å². The number of pyridine rings is 1. The summed E-state index contributed by atoms with van der Waals surface area (Å²) in [7, 11) is 0. The molecule has 0 radical (unpaired) electrons. The lowest BCUT2D eigenvalue weighted by molar-refractivity contribution is 0.0579. The molecule has 0 N–H and O–H groups in total. The van der Waals surface area contributed by atoms with Gasteiger partial charge in [-0.2, -0.15) is 0 Å². The maximum absolute atomic E-state index is 12.5. The van der Waals surface area contributed by atoms with Gasteiger partial charge in [-0.05, 0) is 32.8 Å². The first-order chi connectivity index (χ1) is 10.5. The quantitative estimate of drug-likeness (QED) is 0.853. The second kappa shape index (κ2) is 6.02. The lowest BCUT2D eigenvalue weighted by Gasteiger charge is -2.26. The van der Waals surface area contributed by atoms with Crippen molar-refractivity contribution in [3.05, 3.63) is 28.2 Å². The number of fused-ring (bicyclic) bond motifs is 1. The van der Waals surface area contributed by atoms with Gasteiger partial charge in [0, 0.05) is 30.8 Å². The minimum atomic E-state index is -0.541. The molecule has 1 amide bonds. The topological polar surface area (TPSA) is 51.5 Å². The summed E-state index contributed by atoms with van der Waals surface area (Å²) in [4.78, 5) is 26.5. The molecule has 0 spiro atoms. The van der Waals surface area contributed by atoms with Gasteiger partial charge >= 0.3 is 6.09 Å². The molecular weight excluding hydrogens is 292 g/mol. The summed E-state index contributed by atoms with van der Waals surface area (Å²) in [5.74, 6) is 0. The highest BCUT2D eigenvalue weighted by molar-refractivity contribution is 5.91. The summed E-state index contributed by atoms with van der Waals surface area (Å²) >= 11 is 0. The molecule has 0 unspecified atom stereocenters. The van der Waals surface area contributed by atoms with Crippen molar-refractivity contribution in [2.24, 2.45) is 0 Å². The average molecular weight is 320 g/mol. The fraction of sp³-hybridized carbons (Fsp3) is 0.667. The van der Waals surface area contributed by atoms with Crippen LogP contribution in [0.25, 0.3) is 0 Å². The van der Waals surface area contributed by atoms with Crippen molar-refractivity contribution >= 4 is 11.8 Å². The number of aromatic nitrogens is 1. The van der Waals surface area contributed by atoms with Gasteiger partial charge in [-0.1, -0.05) is 27.2 Å². The molecule has 0 fully saturated rings. The zero-order chi connectivity index (χ0) is 17.4. The number of anilines is 1. The van der Waals surface area contributed by atoms with E-state index in [9.17, 15) is 9.59 Å². The van der Waals surface area contributed by atoms with Crippen molar-refractivity contribution < 1.29 is 9.53 Å². The number of hydrogen-bond acceptors (Lipinski definition) is 3. The Bertz CT molecular complexity index is 653. The summed E-state index contributed by atoms with van der Waals surface area (Å²) in [6, 6.07) is 1.68. The summed E-state index contributed by atoms with van der Waals surface area (Å²) in [5.41, 5.74) is 0.910. The summed E-state index contributed by atoms with van der Waals surface area (Å²) in [5, 5.41) is 0. The molecule has 0 atom stereocenters. The molecule has 128 valence electrons. The molecule has 5 heteroatoms. The largest absolute Gasteiger partial charge is 0.443 e. The van der Waals surface area contributed by atoms with Crippen LogP contribution in [0, 0.1) is 0 Å². The zero-order valence-electron chi connectivity index (χ0n) is 15.1. The monoisotopic (exact) mass is 320 g/mol. The van der Waals surface area contributed by atoms with Crippen LogP contribution >= 0.6 is 0 Å². The predicted molar refractivity (Wildman–Crippen MR) is 92.2 cm³/mol. The smallest absolute Gasteiger partial charge is 0.414 e. The Labute approximate surface area is 138 Å². The lowest BCUT2D eigenvalue weighted by atomic mass is 9.87. The number of carbonyl (C=O) groups excluding carboxylic acids is 1. The highest BCUT2D eigenvalue weighted by Gasteiger charge is 2.40. The van der Waals surface area contributed by atoms with Crippen LogP contribution in [-0.4, -0.2) is 22.8 Å². The van der Waals surface area contributed by atoms with E-state index in [1.807, 2.05) is 40.8 Å². The van der Waals surface area contributed by atoms with Gasteiger partial charge in [0.2, 0.25) is 0 Å². The van der Waals surface area contributed by atoms with Crippen molar-refractivity contribution in [3.63, 3.8) is 0 Å². The highest BCUT2D eigenvalue weighted by atomic mass is 16.6. The number of amides is 1. The van der Waals surface area contributed by atoms with Gasteiger partial charge in [0.25, 0.3) is 5.56 Å². The van der Waals surface area contributed by atoms with E-state index >= 15 is 0 Å². The van der Waals surface area contributed by atoms with Gasteiger partial charge in [-0.3, -0.25) is 9.69 Å². The normalized spacial score (nSPS) is 16.3. The fourth-order valence-electron chi connectivity index (χ4n) is 2.87. The number of ether oxygens (including phenoxy) is 1. The SMILES string of the molecule is CCCCn1cc2c(cc1=O)C(C)(C)CN2C(=O)OC(C)(C)C. The molecule has 0 saturated heterocycles. The minimum Gasteiger partial charge on any atom is -0.443 e. The number of aryl methyl sites for hydroxylation is 1. The molecule has 0 saturated carbocycles. The van der Waals surface area contributed by atoms with E-state index < -0.39 is 5.60 Å². The molecule has 0 aliphatic carbocycles. The van der Waals surface area contributed by atoms with Crippen molar-refractivity contribution in [3.8, 4) is 0 Å². The summed E-state index contributed by atoms with van der Waals surface area (Å²) in [6.45, 7) is 13.0. The van der Waals surface area contributed by atoms with E-state index in [1.54, 1.807) is 15.5 Å². The summed E-state index contributed by atoms with van der Waals surface area (Å²) in [6.07, 6.45) is 3.41. The molecule has 1 aromatic rings. The maximum Gasteiger partial charge on any atom is 0.414 e. The third-order valence-electron chi connectivity index (χ3n) is 4.04. The van der Waals surface area contributed by atoms with Gasteiger partial charge < -0.3 is 9.30 Å². The third-order valence-corrected chi connectivity index (χ3v) is 4.04. The van der Waals surface area contributed by atoms with Gasteiger partial charge in [0.15, 0.2) is 0 Å². The Morgan fingerprint density at radius 3 is 2.57 bits per heavy atom. The molecule has 0 bridgehead atoms. The first-order valence-corrected chi connectivity index (χ1v) is 8.30. The van der Waals surface area contributed by atoms with Crippen LogP contribution in [0.15, 0.2) is 17.1 Å². The van der Waals surface area contributed by atoms with E-state index in [2.05, 4.69) is 6.92 Å². The minimum absolute atomic E-state index is 0.00341. The molecule has 2 heterocycles. The van der Waals surface area contributed by atoms with Gasteiger partial charge in [0.05, 0.1) is 5.69 Å². The Morgan fingerprint density at radius 2 is 2.00 bits per heavy atom. The van der Waals surface area contributed by atoms with Crippen LogP contribution in [-0.2, 0) is 16.7 Å². The molecule has 5 nitrogen and oxygen atoms in total. The molecule has 2 rings (SSSR count). The van der Waals surface area contributed by atoms with Crippen molar-refractivity contribution in [2.45, 2.75) is 71.9 Å². The third kappa shape index (κ3) is 3.77. The van der Waals surface area contributed by atoms with Crippen molar-refractivity contribution in [1.29, 1.82) is 0 Å². The molecule has 0 aromatic carbocycles. The second-order valence-corrected chi connectivity index (χ2v) is 7.91. The maximum atomic E-state index is 12.5. The van der Waals surface area contributed by atoms with Crippen LogP contribution in [0.4, 0.5) is 10.5 Å². The average Bonchev–Trinajstić information content (AvgIpc) is 2.66. The Morgan fingerprint density at radius 1 is 1.35 bits per heavy atom. The van der Waals surface area contributed by atoms with Crippen LogP contribution in [0.3, 0.4) is 0 Å². The lowest BCUT2D eigenvalue weighted by Crippen LogP contribution is -2.38. The number of carbonyl (C=O) groups is 1. The Kier molecular flexibility index (Phi) is 4.60. The molecule has 1 aliphatic rings. The molecule has 1 aromatic heterocycles. The van der Waals surface area contributed by atoms with Gasteiger partial charge in [-0.25, -0.2) is 4.79 Å². The second-order valence-electron chi connectivity index (χ2n) is 7.91. The van der Waals surface area contributed by atoms with Crippen molar-refractivity contribution in [2.75, 3.05) is 11.4 Å². The van der Waals surface area contributed by atoms with E-state index in [4.69, 9.17) is 4.74 Å². The molecular formula is C18H28N2O3. The van der Waals surface area contributed by atoms with E-state index in [-0.39, 0.29) is 17.1 Å². The van der Waals surface area contributed by atoms with Gasteiger partial charge in [-0.15, -0.1) is 0 Å². The fourth-order valence-corrected chi connectivity index (χ4v) is 2.87. The summed E-state index contributed by atoms with van der Waals surface area (Å²) < 4.78 is 7.22. The zero-order valence-corrected chi connectivity index (χ0v) is 15.1. The number of hydrogen-bond donors (Lipinski definition) is 0. The first kappa shape index (κ1) is 17.6. The van der Waals surface area contributed by atoms with Crippen LogP contribution in [0.2, 0.25) is 0 Å². The van der Waals surface area contributed by atoms with E-state index in [0.29, 0.717) is 13.1 Å². The predicted octanol–water partition coefficient (Wildman–Crippen LogP) is 3.68. The highest BCUT2D eigenvalue weighted by Crippen LogP contribution is 2.40. The standard InChI is InChI=1S/C18H28N2O3/c1-7-8-9-19-11-14-13(10-15(19)21)18(5,6)12-20(14)16(22)23-17(2,3)4/h10-11H,7-9,12H2,1-6H3. The van der Waals surface area contributed by atoms with Crippen LogP contribution in [0.5, 0.6) is 0 Å². The molecule has 1 aliphatic heterocycles. The number of rotatable bonds is 3. The number of unbranched alkanes of at least 4 members (excludes halogenated alkanes) is 1. The molecule has 23 heavy (non-hydrogen) atoms. The van der Waals surface area contributed by atoms with E-state index in [1.165, 1.54) is 0 Å².